The Bertz CT molecular complexity index is 159. The lowest BCUT2D eigenvalue weighted by Crippen LogP contribution is -1.69. The summed E-state index contributed by atoms with van der Waals surface area (Å²) in [6.07, 6.45) is 0. The van der Waals surface area contributed by atoms with Crippen molar-refractivity contribution >= 4 is 16.4 Å². The molecule has 0 aromatic carbocycles. The highest BCUT2D eigenvalue weighted by atomic mass is 32.3. The number of halogens is 2. The van der Waals surface area contributed by atoms with Crippen LogP contribution >= 0.6 is 0 Å². The number of rotatable bonds is 0. The molecule has 0 saturated heterocycles. The van der Waals surface area contributed by atoms with E-state index in [4.69, 9.17) is 8.42 Å². The second-order valence-electron chi connectivity index (χ2n) is 1.29. The van der Waals surface area contributed by atoms with Gasteiger partial charge in [-0.3, -0.25) is 0 Å². The standard InChI is InChI=1S/C3H6O.F2O2S/c1-3(2)4;1-5(2,3)4/h1-2H3;. The number of ketones is 1. The predicted molar refractivity (Wildman–Crippen MR) is 27.5 cm³/mol. The molecule has 0 bridgehead atoms. The summed E-state index contributed by atoms with van der Waals surface area (Å²) in [5, 5.41) is 0. The third-order valence-corrected chi connectivity index (χ3v) is 0. The first kappa shape index (κ1) is 11.3. The molecule has 0 heterocycles. The Labute approximate surface area is 52.2 Å². The van der Waals surface area contributed by atoms with Gasteiger partial charge >= 0.3 is 10.6 Å². The fraction of sp³-hybridized carbons (Fsp3) is 0.667. The molecule has 9 heavy (non-hydrogen) atoms. The van der Waals surface area contributed by atoms with Gasteiger partial charge in [0.15, 0.2) is 0 Å². The average Bonchev–Trinajstić information content (AvgIpc) is 1.19. The van der Waals surface area contributed by atoms with Crippen molar-refractivity contribution in [1.29, 1.82) is 0 Å². The van der Waals surface area contributed by atoms with Gasteiger partial charge in [0.2, 0.25) is 0 Å². The lowest BCUT2D eigenvalue weighted by molar-refractivity contribution is -0.114. The minimum atomic E-state index is -5.67. The van der Waals surface area contributed by atoms with E-state index in [-0.39, 0.29) is 5.78 Å². The summed E-state index contributed by atoms with van der Waals surface area (Å²) in [6.45, 7) is 3.06. The fourth-order valence-electron chi connectivity index (χ4n) is 0. The zero-order valence-electron chi connectivity index (χ0n) is 4.89. The number of carbonyl (C=O) groups is 1. The molecule has 0 radical (unpaired) electrons. The monoisotopic (exact) mass is 160 g/mol. The molecule has 0 fully saturated rings. The van der Waals surface area contributed by atoms with E-state index in [1.807, 2.05) is 0 Å². The predicted octanol–water partition coefficient (Wildman–Crippen LogP) is 0.766. The Morgan fingerprint density at radius 3 is 1.22 bits per heavy atom. The average molecular weight is 160 g/mol. The molecule has 0 saturated carbocycles. The summed E-state index contributed by atoms with van der Waals surface area (Å²) in [6, 6.07) is 0. The zero-order valence-corrected chi connectivity index (χ0v) is 5.71. The largest absolute Gasteiger partial charge is 0.476 e. The molecule has 0 N–H and O–H groups in total. The Hall–Kier alpha value is -0.520. The number of hydrogen-bond donors (Lipinski definition) is 0. The quantitative estimate of drug-likeness (QED) is 0.491. The molecule has 0 spiro atoms. The highest BCUT2D eigenvalue weighted by Gasteiger charge is 1.94. The number of hydrogen-bond acceptors (Lipinski definition) is 3. The second-order valence-corrected chi connectivity index (χ2v) is 2.04. The van der Waals surface area contributed by atoms with Crippen molar-refractivity contribution in [2.24, 2.45) is 0 Å². The van der Waals surface area contributed by atoms with E-state index in [0.717, 1.165) is 0 Å². The van der Waals surface area contributed by atoms with Gasteiger partial charge in [-0.25, -0.2) is 0 Å². The molecule has 0 unspecified atom stereocenters. The van der Waals surface area contributed by atoms with Gasteiger partial charge in [0, 0.05) is 0 Å². The van der Waals surface area contributed by atoms with E-state index >= 15 is 0 Å². The van der Waals surface area contributed by atoms with Crippen molar-refractivity contribution < 1.29 is 21.0 Å². The van der Waals surface area contributed by atoms with Crippen LogP contribution in [0.5, 0.6) is 0 Å². The topological polar surface area (TPSA) is 51.2 Å². The van der Waals surface area contributed by atoms with Crippen LogP contribution < -0.4 is 0 Å². The molecule has 0 aliphatic heterocycles. The molecule has 0 rings (SSSR count). The summed E-state index contributed by atoms with van der Waals surface area (Å²) in [4.78, 5) is 9.44. The van der Waals surface area contributed by atoms with E-state index in [9.17, 15) is 12.6 Å². The lowest BCUT2D eigenvalue weighted by atomic mass is 10.6. The van der Waals surface area contributed by atoms with Gasteiger partial charge in [-0.05, 0) is 13.8 Å². The molecule has 0 aliphatic rings. The van der Waals surface area contributed by atoms with Gasteiger partial charge in [-0.1, -0.05) is 7.77 Å². The van der Waals surface area contributed by atoms with Crippen LogP contribution in [-0.2, 0) is 15.4 Å². The van der Waals surface area contributed by atoms with Crippen LogP contribution in [0.25, 0.3) is 0 Å². The van der Waals surface area contributed by atoms with Crippen LogP contribution in [0.1, 0.15) is 13.8 Å². The summed E-state index contributed by atoms with van der Waals surface area (Å²) in [5.74, 6) is 0.167. The summed E-state index contributed by atoms with van der Waals surface area (Å²) in [5.41, 5.74) is 0. The first-order chi connectivity index (χ1) is 3.73. The Morgan fingerprint density at radius 1 is 1.22 bits per heavy atom. The van der Waals surface area contributed by atoms with Gasteiger partial charge in [0.05, 0.1) is 0 Å². The van der Waals surface area contributed by atoms with Crippen LogP contribution in [0.3, 0.4) is 0 Å². The minimum Gasteiger partial charge on any atom is -0.300 e. The maximum absolute atomic E-state index is 9.99. The van der Waals surface area contributed by atoms with Gasteiger partial charge < -0.3 is 4.79 Å². The maximum atomic E-state index is 9.99. The molecular weight excluding hydrogens is 154 g/mol. The highest BCUT2D eigenvalue weighted by molar-refractivity contribution is 7.81. The normalized spacial score (nSPS) is 9.33. The van der Waals surface area contributed by atoms with Crippen LogP contribution in [0, 0.1) is 0 Å². The van der Waals surface area contributed by atoms with Crippen molar-refractivity contribution in [3.05, 3.63) is 0 Å². The summed E-state index contributed by atoms with van der Waals surface area (Å²) in [7, 11) is -5.67. The van der Waals surface area contributed by atoms with E-state index in [2.05, 4.69) is 0 Å². The molecule has 0 aromatic rings. The van der Waals surface area contributed by atoms with Crippen molar-refractivity contribution in [2.75, 3.05) is 0 Å². The molecule has 0 aromatic heterocycles. The molecule has 0 amide bonds. The first-order valence-corrected chi connectivity index (χ1v) is 3.13. The van der Waals surface area contributed by atoms with Gasteiger partial charge in [0.1, 0.15) is 5.78 Å². The third kappa shape index (κ3) is 831. The van der Waals surface area contributed by atoms with Crippen LogP contribution in [0.15, 0.2) is 0 Å². The molecule has 56 valence electrons. The zero-order chi connectivity index (χ0) is 8.08. The molecule has 0 atom stereocenters. The van der Waals surface area contributed by atoms with Gasteiger partial charge in [0.25, 0.3) is 0 Å². The Kier molecular flexibility index (Phi) is 5.48. The highest BCUT2D eigenvalue weighted by Crippen LogP contribution is 1.85. The fourth-order valence-corrected chi connectivity index (χ4v) is 0. The van der Waals surface area contributed by atoms with Crippen LogP contribution in [-0.4, -0.2) is 14.2 Å². The Morgan fingerprint density at radius 2 is 1.22 bits per heavy atom. The van der Waals surface area contributed by atoms with Crippen molar-refractivity contribution in [3.8, 4) is 0 Å². The van der Waals surface area contributed by atoms with Crippen LogP contribution in [0.2, 0.25) is 0 Å². The SMILES string of the molecule is CC(C)=O.O=S(=O)(F)F. The molecule has 3 nitrogen and oxygen atoms in total. The van der Waals surface area contributed by atoms with E-state index < -0.39 is 10.6 Å². The van der Waals surface area contributed by atoms with Crippen LogP contribution in [0.4, 0.5) is 7.77 Å². The van der Waals surface area contributed by atoms with E-state index in [1.165, 1.54) is 13.8 Å². The van der Waals surface area contributed by atoms with E-state index in [1.54, 1.807) is 0 Å². The number of Topliss-reactive ketones (excluding diaryl/α,β-unsaturated/α-hetero) is 1. The molecular formula is C3H6F2O3S. The first-order valence-electron chi connectivity index (χ1n) is 1.85. The molecule has 6 heteroatoms. The lowest BCUT2D eigenvalue weighted by Gasteiger charge is -1.57. The van der Waals surface area contributed by atoms with Crippen molar-refractivity contribution in [1.82, 2.24) is 0 Å². The number of carbonyl (C=O) groups excluding carboxylic acids is 1. The second kappa shape index (κ2) is 4.37. The summed E-state index contributed by atoms with van der Waals surface area (Å²) >= 11 is 0. The Balaban J connectivity index is 0. The summed E-state index contributed by atoms with van der Waals surface area (Å²) < 4.78 is 36.6. The maximum Gasteiger partial charge on any atom is 0.476 e. The van der Waals surface area contributed by atoms with E-state index in [0.29, 0.717) is 0 Å². The van der Waals surface area contributed by atoms with Crippen molar-refractivity contribution in [3.63, 3.8) is 0 Å². The van der Waals surface area contributed by atoms with Gasteiger partial charge in [-0.15, -0.1) is 0 Å². The minimum absolute atomic E-state index is 0.167. The van der Waals surface area contributed by atoms with Crippen molar-refractivity contribution in [2.45, 2.75) is 13.8 Å². The third-order valence-electron chi connectivity index (χ3n) is 0. The molecule has 0 aliphatic carbocycles. The van der Waals surface area contributed by atoms with Gasteiger partial charge in [-0.2, -0.15) is 8.42 Å². The smallest absolute Gasteiger partial charge is 0.300 e.